The molecule has 11 aromatic carbocycles. The maximum Gasteiger partial charge on any atom is 0.238 e. The fourth-order valence-corrected chi connectivity index (χ4v) is 10.7. The van der Waals surface area contributed by atoms with E-state index in [0.717, 1.165) is 66.2 Å². The van der Waals surface area contributed by atoms with Crippen LogP contribution in [0.15, 0.2) is 237 Å². The van der Waals surface area contributed by atoms with Crippen molar-refractivity contribution in [1.29, 1.82) is 0 Å². The van der Waals surface area contributed by atoms with Gasteiger partial charge in [-0.05, 0) is 91.0 Å². The summed E-state index contributed by atoms with van der Waals surface area (Å²) in [6.45, 7) is 0. The van der Waals surface area contributed by atoms with Crippen molar-refractivity contribution in [2.45, 2.75) is 0 Å². The Morgan fingerprint density at radius 3 is 1.24 bits per heavy atom. The average Bonchev–Trinajstić information content (AvgIpc) is 3.94. The molecule has 14 rings (SSSR count). The molecule has 68 heavy (non-hydrogen) atoms. The van der Waals surface area contributed by atoms with Gasteiger partial charge in [0.25, 0.3) is 0 Å². The maximum atomic E-state index is 5.47. The highest BCUT2D eigenvalue weighted by molar-refractivity contribution is 6.27. The van der Waals surface area contributed by atoms with E-state index in [9.17, 15) is 0 Å². The third-order valence-corrected chi connectivity index (χ3v) is 13.7. The first-order valence-electron chi connectivity index (χ1n) is 23.1. The standard InChI is InChI=1S/C63H39N5/c1-3-17-40(18-4-1)42-21-15-22-43(37-42)44-23-16-24-45(38-44)62-64-61(41-19-5-2-6-20-41)65-63(66-62)68-58-32-14-12-30-53(58)55-36-35-54-52-29-11-13-31-57(52)67(59(54)60(55)68)46-33-34-51-49-27-8-7-25-47(49)48-26-9-10-28-50(48)56(51)39-46/h1-39H. The highest BCUT2D eigenvalue weighted by atomic mass is 15.2. The van der Waals surface area contributed by atoms with Gasteiger partial charge in [-0.15, -0.1) is 0 Å². The second-order valence-corrected chi connectivity index (χ2v) is 17.6. The Balaban J connectivity index is 1.05. The van der Waals surface area contributed by atoms with Gasteiger partial charge in [0.05, 0.1) is 22.1 Å². The van der Waals surface area contributed by atoms with E-state index in [0.29, 0.717) is 17.6 Å². The van der Waals surface area contributed by atoms with Crippen LogP contribution in [0.2, 0.25) is 0 Å². The van der Waals surface area contributed by atoms with Crippen molar-refractivity contribution in [3.05, 3.63) is 237 Å². The van der Waals surface area contributed by atoms with Crippen molar-refractivity contribution in [3.63, 3.8) is 0 Å². The number of hydrogen-bond acceptors (Lipinski definition) is 3. The molecule has 0 aliphatic heterocycles. The molecule has 0 aliphatic rings. The minimum atomic E-state index is 0.553. The summed E-state index contributed by atoms with van der Waals surface area (Å²) in [4.78, 5) is 16.1. The topological polar surface area (TPSA) is 48.5 Å². The number of hydrogen-bond donors (Lipinski definition) is 0. The van der Waals surface area contributed by atoms with Crippen LogP contribution in [0.25, 0.3) is 133 Å². The molecule has 0 saturated carbocycles. The van der Waals surface area contributed by atoms with Crippen LogP contribution in [0, 0.1) is 0 Å². The Bertz CT molecular complexity index is 4280. The quantitative estimate of drug-likeness (QED) is 0.156. The summed E-state index contributed by atoms with van der Waals surface area (Å²) in [6.07, 6.45) is 0. The zero-order chi connectivity index (χ0) is 44.7. The predicted octanol–water partition coefficient (Wildman–Crippen LogP) is 16.2. The molecule has 3 aromatic heterocycles. The SMILES string of the molecule is c1ccc(-c2cccc(-c3cccc(-c4nc(-c5ccccc5)nc(-n5c6ccccc6c6ccc7c8ccccc8n(-c8ccc9c%10ccccc%10c%10ccccc%10c9c8)c7c65)n4)c3)c2)cc1. The second-order valence-electron chi connectivity index (χ2n) is 17.6. The normalized spacial score (nSPS) is 11.8. The molecular formula is C63H39N5. The first-order valence-corrected chi connectivity index (χ1v) is 23.1. The Kier molecular flexibility index (Phi) is 8.52. The molecule has 14 aromatic rings. The number of aromatic nitrogens is 5. The van der Waals surface area contributed by atoms with Gasteiger partial charge >= 0.3 is 0 Å². The minimum absolute atomic E-state index is 0.553. The van der Waals surface area contributed by atoms with Crippen LogP contribution in [0.3, 0.4) is 0 Å². The van der Waals surface area contributed by atoms with Crippen LogP contribution in [-0.4, -0.2) is 24.1 Å². The zero-order valence-electron chi connectivity index (χ0n) is 36.8. The first-order chi connectivity index (χ1) is 33.7. The van der Waals surface area contributed by atoms with E-state index in [2.05, 4.69) is 228 Å². The molecule has 0 unspecified atom stereocenters. The Hall–Kier alpha value is -9.19. The highest BCUT2D eigenvalue weighted by Gasteiger charge is 2.24. The third-order valence-electron chi connectivity index (χ3n) is 13.7. The predicted molar refractivity (Wildman–Crippen MR) is 283 cm³/mol. The summed E-state index contributed by atoms with van der Waals surface area (Å²) in [5.74, 6) is 1.76. The van der Waals surface area contributed by atoms with E-state index < -0.39 is 0 Å². The fraction of sp³-hybridized carbons (Fsp3) is 0. The van der Waals surface area contributed by atoms with E-state index in [4.69, 9.17) is 15.0 Å². The first kappa shape index (κ1) is 38.1. The zero-order valence-corrected chi connectivity index (χ0v) is 36.8. The monoisotopic (exact) mass is 865 g/mol. The summed E-state index contributed by atoms with van der Waals surface area (Å²) in [5.41, 5.74) is 11.7. The molecule has 0 bridgehead atoms. The van der Waals surface area contributed by atoms with E-state index in [1.54, 1.807) is 0 Å². The number of rotatable bonds is 6. The van der Waals surface area contributed by atoms with Gasteiger partial charge in [-0.25, -0.2) is 4.98 Å². The lowest BCUT2D eigenvalue weighted by atomic mass is 9.94. The van der Waals surface area contributed by atoms with E-state index in [1.807, 2.05) is 18.2 Å². The lowest BCUT2D eigenvalue weighted by Crippen LogP contribution is -2.07. The third kappa shape index (κ3) is 5.93. The van der Waals surface area contributed by atoms with Crippen LogP contribution in [0.5, 0.6) is 0 Å². The molecule has 0 aliphatic carbocycles. The summed E-state index contributed by atoms with van der Waals surface area (Å²) < 4.78 is 4.73. The smallest absolute Gasteiger partial charge is 0.238 e. The molecule has 0 fully saturated rings. The maximum absolute atomic E-state index is 5.47. The molecule has 0 radical (unpaired) electrons. The molecule has 0 amide bonds. The lowest BCUT2D eigenvalue weighted by Gasteiger charge is -2.15. The Morgan fingerprint density at radius 2 is 0.632 bits per heavy atom. The van der Waals surface area contributed by atoms with Gasteiger partial charge in [-0.3, -0.25) is 4.57 Å². The molecule has 5 heteroatoms. The van der Waals surface area contributed by atoms with Gasteiger partial charge in [0, 0.05) is 38.4 Å². The van der Waals surface area contributed by atoms with Crippen molar-refractivity contribution in [3.8, 4) is 56.7 Å². The number of para-hydroxylation sites is 2. The summed E-state index contributed by atoms with van der Waals surface area (Å²) in [7, 11) is 0. The van der Waals surface area contributed by atoms with Gasteiger partial charge < -0.3 is 4.57 Å². The molecular weight excluding hydrogens is 827 g/mol. The molecule has 0 atom stereocenters. The minimum Gasteiger partial charge on any atom is -0.307 e. The van der Waals surface area contributed by atoms with Crippen molar-refractivity contribution in [2.24, 2.45) is 0 Å². The Morgan fingerprint density at radius 1 is 0.235 bits per heavy atom. The summed E-state index contributed by atoms with van der Waals surface area (Å²) in [5, 5.41) is 12.1. The summed E-state index contributed by atoms with van der Waals surface area (Å²) >= 11 is 0. The molecule has 0 saturated heterocycles. The van der Waals surface area contributed by atoms with Gasteiger partial charge in [0.1, 0.15) is 0 Å². The van der Waals surface area contributed by atoms with Crippen molar-refractivity contribution < 1.29 is 0 Å². The fourth-order valence-electron chi connectivity index (χ4n) is 10.7. The number of nitrogens with zero attached hydrogens (tertiary/aromatic N) is 5. The van der Waals surface area contributed by atoms with Crippen molar-refractivity contribution in [1.82, 2.24) is 24.1 Å². The highest BCUT2D eigenvalue weighted by Crippen LogP contribution is 2.43. The van der Waals surface area contributed by atoms with Gasteiger partial charge in [-0.2, -0.15) is 9.97 Å². The molecule has 3 heterocycles. The molecule has 0 N–H and O–H groups in total. The number of fused-ring (bicyclic) bond motifs is 13. The van der Waals surface area contributed by atoms with Crippen LogP contribution in [-0.2, 0) is 0 Å². The van der Waals surface area contributed by atoms with Crippen LogP contribution in [0.4, 0.5) is 0 Å². The van der Waals surface area contributed by atoms with Crippen molar-refractivity contribution >= 4 is 75.9 Å². The molecule has 0 spiro atoms. The van der Waals surface area contributed by atoms with Gasteiger partial charge in [0.2, 0.25) is 5.95 Å². The van der Waals surface area contributed by atoms with E-state index in [1.165, 1.54) is 48.8 Å². The molecule has 5 nitrogen and oxygen atoms in total. The Labute approximate surface area is 391 Å². The van der Waals surface area contributed by atoms with Crippen molar-refractivity contribution in [2.75, 3.05) is 0 Å². The van der Waals surface area contributed by atoms with E-state index in [-0.39, 0.29) is 0 Å². The van der Waals surface area contributed by atoms with E-state index >= 15 is 0 Å². The lowest BCUT2D eigenvalue weighted by molar-refractivity contribution is 0.953. The largest absolute Gasteiger partial charge is 0.307 e. The van der Waals surface area contributed by atoms with Gasteiger partial charge in [0.15, 0.2) is 11.6 Å². The van der Waals surface area contributed by atoms with Crippen LogP contribution >= 0.6 is 0 Å². The summed E-state index contributed by atoms with van der Waals surface area (Å²) in [6, 6.07) is 84.6. The number of benzene rings is 11. The second kappa shape index (κ2) is 15.2. The van der Waals surface area contributed by atoms with Crippen LogP contribution < -0.4 is 0 Å². The van der Waals surface area contributed by atoms with Crippen LogP contribution in [0.1, 0.15) is 0 Å². The van der Waals surface area contributed by atoms with Gasteiger partial charge in [-0.1, -0.05) is 200 Å². The average molecular weight is 866 g/mol. The molecule has 316 valence electrons.